The quantitative estimate of drug-likeness (QED) is 0.729. The maximum Gasteiger partial charge on any atom is 0.222 e. The van der Waals surface area contributed by atoms with E-state index in [1.165, 1.54) is 0 Å². The van der Waals surface area contributed by atoms with E-state index >= 15 is 0 Å². The van der Waals surface area contributed by atoms with E-state index in [4.69, 9.17) is 0 Å². The summed E-state index contributed by atoms with van der Waals surface area (Å²) in [6.45, 7) is 3.65. The predicted octanol–water partition coefficient (Wildman–Crippen LogP) is 1.32. The smallest absolute Gasteiger partial charge is 0.222 e. The van der Waals surface area contributed by atoms with Crippen molar-refractivity contribution >= 4 is 23.5 Å². The molecule has 3 nitrogen and oxygen atoms in total. The van der Waals surface area contributed by atoms with Crippen LogP contribution in [0.1, 0.15) is 26.2 Å². The average molecular weight is 227 g/mol. The summed E-state index contributed by atoms with van der Waals surface area (Å²) in [4.78, 5) is 24.9. The first-order valence-corrected chi connectivity index (χ1v) is 6.66. The van der Waals surface area contributed by atoms with Crippen LogP contribution < -0.4 is 0 Å². The number of rotatable bonds is 3. The summed E-state index contributed by atoms with van der Waals surface area (Å²) >= 11 is 1.74. The van der Waals surface area contributed by atoms with Crippen molar-refractivity contribution in [3.05, 3.63) is 0 Å². The number of nitrogens with zero attached hydrogens (tertiary/aromatic N) is 1. The van der Waals surface area contributed by atoms with Crippen LogP contribution in [0.25, 0.3) is 0 Å². The molecule has 0 spiro atoms. The van der Waals surface area contributed by atoms with Gasteiger partial charge in [0.05, 0.1) is 5.25 Å². The third kappa shape index (κ3) is 2.36. The Kier molecular flexibility index (Phi) is 3.34. The van der Waals surface area contributed by atoms with E-state index in [2.05, 4.69) is 0 Å². The molecule has 0 bridgehead atoms. The van der Waals surface area contributed by atoms with Gasteiger partial charge in [0.25, 0.3) is 0 Å². The number of ketones is 1. The van der Waals surface area contributed by atoms with Gasteiger partial charge >= 0.3 is 0 Å². The standard InChI is InChI=1S/C11H17NO2S/c1-8-11(14)9(7-15-8)4-6-12-5-2-3-10(12)13/h8-9H,2-7H2,1H3. The summed E-state index contributed by atoms with van der Waals surface area (Å²) in [5.74, 6) is 1.79. The lowest BCUT2D eigenvalue weighted by Gasteiger charge is -2.17. The third-order valence-corrected chi connectivity index (χ3v) is 4.60. The summed E-state index contributed by atoms with van der Waals surface area (Å²) in [7, 11) is 0. The second-order valence-electron chi connectivity index (χ2n) is 4.35. The minimum absolute atomic E-state index is 0.171. The number of likely N-dealkylation sites (tertiary alicyclic amines) is 1. The molecule has 0 radical (unpaired) electrons. The van der Waals surface area contributed by atoms with Crippen molar-refractivity contribution in [2.75, 3.05) is 18.8 Å². The molecule has 0 aromatic heterocycles. The molecule has 0 aliphatic carbocycles. The van der Waals surface area contributed by atoms with Crippen LogP contribution in [0.2, 0.25) is 0 Å². The molecule has 2 atom stereocenters. The zero-order valence-electron chi connectivity index (χ0n) is 9.07. The van der Waals surface area contributed by atoms with Gasteiger partial charge in [0.2, 0.25) is 5.91 Å². The highest BCUT2D eigenvalue weighted by molar-refractivity contribution is 8.01. The summed E-state index contributed by atoms with van der Waals surface area (Å²) in [6.07, 6.45) is 2.55. The topological polar surface area (TPSA) is 37.4 Å². The van der Waals surface area contributed by atoms with Crippen molar-refractivity contribution in [2.45, 2.75) is 31.4 Å². The summed E-state index contributed by atoms with van der Waals surface area (Å²) in [5.41, 5.74) is 0. The number of carbonyl (C=O) groups excluding carboxylic acids is 2. The van der Waals surface area contributed by atoms with Gasteiger partial charge in [-0.15, -0.1) is 0 Å². The Bertz CT molecular complexity index is 280. The van der Waals surface area contributed by atoms with E-state index in [1.807, 2.05) is 11.8 Å². The zero-order chi connectivity index (χ0) is 10.8. The van der Waals surface area contributed by atoms with Crippen molar-refractivity contribution < 1.29 is 9.59 Å². The molecule has 0 aromatic carbocycles. The highest BCUT2D eigenvalue weighted by Gasteiger charge is 2.32. The van der Waals surface area contributed by atoms with E-state index < -0.39 is 0 Å². The molecular formula is C11H17NO2S. The summed E-state index contributed by atoms with van der Waals surface area (Å²) < 4.78 is 0. The Morgan fingerprint density at radius 2 is 2.27 bits per heavy atom. The molecule has 15 heavy (non-hydrogen) atoms. The van der Waals surface area contributed by atoms with Gasteiger partial charge in [-0.3, -0.25) is 9.59 Å². The first kappa shape index (κ1) is 11.0. The SMILES string of the molecule is CC1SCC(CCN2CCCC2=O)C1=O. The molecule has 2 fully saturated rings. The van der Waals surface area contributed by atoms with Crippen molar-refractivity contribution in [1.82, 2.24) is 4.90 Å². The van der Waals surface area contributed by atoms with Crippen LogP contribution in [0.4, 0.5) is 0 Å². The predicted molar refractivity (Wildman–Crippen MR) is 60.8 cm³/mol. The van der Waals surface area contributed by atoms with Crippen LogP contribution in [0.5, 0.6) is 0 Å². The Morgan fingerprint density at radius 1 is 1.47 bits per heavy atom. The van der Waals surface area contributed by atoms with Crippen molar-refractivity contribution in [3.8, 4) is 0 Å². The average Bonchev–Trinajstić information content (AvgIpc) is 2.74. The summed E-state index contributed by atoms with van der Waals surface area (Å²) in [6, 6.07) is 0. The normalized spacial score (nSPS) is 31.7. The van der Waals surface area contributed by atoms with E-state index in [9.17, 15) is 9.59 Å². The number of Topliss-reactive ketones (excluding diaryl/α,β-unsaturated/α-hetero) is 1. The van der Waals surface area contributed by atoms with E-state index in [0.29, 0.717) is 12.2 Å². The van der Waals surface area contributed by atoms with Crippen LogP contribution in [-0.4, -0.2) is 40.7 Å². The van der Waals surface area contributed by atoms with Crippen LogP contribution in [0.15, 0.2) is 0 Å². The molecule has 0 aromatic rings. The van der Waals surface area contributed by atoms with Crippen molar-refractivity contribution in [2.24, 2.45) is 5.92 Å². The Hall–Kier alpha value is -0.510. The van der Waals surface area contributed by atoms with E-state index in [1.54, 1.807) is 11.8 Å². The number of hydrogen-bond acceptors (Lipinski definition) is 3. The number of thioether (sulfide) groups is 1. The van der Waals surface area contributed by atoms with Gasteiger partial charge in [0.1, 0.15) is 5.78 Å². The summed E-state index contributed by atoms with van der Waals surface area (Å²) in [5, 5.41) is 0.171. The maximum atomic E-state index is 11.7. The van der Waals surface area contributed by atoms with Gasteiger partial charge in [-0.25, -0.2) is 0 Å². The highest BCUT2D eigenvalue weighted by Crippen LogP contribution is 2.30. The molecule has 4 heteroatoms. The first-order chi connectivity index (χ1) is 7.18. The Balaban J connectivity index is 1.78. The number of carbonyl (C=O) groups is 2. The molecule has 2 aliphatic heterocycles. The van der Waals surface area contributed by atoms with Crippen molar-refractivity contribution in [1.29, 1.82) is 0 Å². The van der Waals surface area contributed by atoms with Crippen LogP contribution in [0.3, 0.4) is 0 Å². The second-order valence-corrected chi connectivity index (χ2v) is 5.72. The molecule has 1 amide bonds. The maximum absolute atomic E-state index is 11.7. The molecule has 2 heterocycles. The fraction of sp³-hybridized carbons (Fsp3) is 0.818. The van der Waals surface area contributed by atoms with Gasteiger partial charge in [-0.2, -0.15) is 11.8 Å². The minimum Gasteiger partial charge on any atom is -0.343 e. The first-order valence-electron chi connectivity index (χ1n) is 5.61. The fourth-order valence-electron chi connectivity index (χ4n) is 2.23. The molecule has 2 unspecified atom stereocenters. The lowest BCUT2D eigenvalue weighted by Crippen LogP contribution is -2.29. The monoisotopic (exact) mass is 227 g/mol. The van der Waals surface area contributed by atoms with E-state index in [0.717, 1.165) is 31.7 Å². The molecule has 84 valence electrons. The molecule has 2 saturated heterocycles. The number of amides is 1. The highest BCUT2D eigenvalue weighted by atomic mass is 32.2. The van der Waals surface area contributed by atoms with Gasteiger partial charge < -0.3 is 4.90 Å². The third-order valence-electron chi connectivity index (χ3n) is 3.27. The lowest BCUT2D eigenvalue weighted by molar-refractivity contribution is -0.128. The number of hydrogen-bond donors (Lipinski definition) is 0. The minimum atomic E-state index is 0.171. The molecule has 2 rings (SSSR count). The Labute approximate surface area is 94.6 Å². The molecular weight excluding hydrogens is 210 g/mol. The van der Waals surface area contributed by atoms with Gasteiger partial charge in [-0.05, 0) is 19.8 Å². The second kappa shape index (κ2) is 4.56. The van der Waals surface area contributed by atoms with Crippen LogP contribution in [0, 0.1) is 5.92 Å². The zero-order valence-corrected chi connectivity index (χ0v) is 9.89. The van der Waals surface area contributed by atoms with E-state index in [-0.39, 0.29) is 17.1 Å². The van der Waals surface area contributed by atoms with Gasteiger partial charge in [0.15, 0.2) is 0 Å². The Morgan fingerprint density at radius 3 is 2.80 bits per heavy atom. The lowest BCUT2D eigenvalue weighted by atomic mass is 10.0. The molecule has 0 saturated carbocycles. The van der Waals surface area contributed by atoms with Crippen LogP contribution >= 0.6 is 11.8 Å². The van der Waals surface area contributed by atoms with Gasteiger partial charge in [-0.1, -0.05) is 0 Å². The molecule has 2 aliphatic rings. The van der Waals surface area contributed by atoms with Crippen molar-refractivity contribution in [3.63, 3.8) is 0 Å². The fourth-order valence-corrected chi connectivity index (χ4v) is 3.44. The van der Waals surface area contributed by atoms with Crippen LogP contribution in [-0.2, 0) is 9.59 Å². The van der Waals surface area contributed by atoms with Gasteiger partial charge in [0, 0.05) is 31.2 Å². The largest absolute Gasteiger partial charge is 0.343 e. The molecule has 0 N–H and O–H groups in total.